The zero-order valence-corrected chi connectivity index (χ0v) is 11.2. The highest BCUT2D eigenvalue weighted by Gasteiger charge is 2.10. The summed E-state index contributed by atoms with van der Waals surface area (Å²) in [5, 5.41) is 15.7. The monoisotopic (exact) mass is 276 g/mol. The maximum Gasteiger partial charge on any atom is 0.224 e. The zero-order valence-electron chi connectivity index (χ0n) is 11.2. The van der Waals surface area contributed by atoms with Crippen LogP contribution < -0.4 is 10.6 Å². The van der Waals surface area contributed by atoms with Gasteiger partial charge in [-0.1, -0.05) is 30.3 Å². The van der Waals surface area contributed by atoms with E-state index in [9.17, 15) is 9.50 Å². The van der Waals surface area contributed by atoms with Gasteiger partial charge in [-0.2, -0.15) is 4.98 Å². The Hall–Kier alpha value is -2.21. The SMILES string of the molecule is CCNc1ncc(F)c(NCC(O)c2ccccc2)n1. The molecule has 0 spiro atoms. The third-order valence-corrected chi connectivity index (χ3v) is 2.73. The van der Waals surface area contributed by atoms with Gasteiger partial charge in [-0.3, -0.25) is 0 Å². The molecular weight excluding hydrogens is 259 g/mol. The summed E-state index contributed by atoms with van der Waals surface area (Å²) in [4.78, 5) is 7.82. The molecule has 106 valence electrons. The maximum atomic E-state index is 13.6. The highest BCUT2D eigenvalue weighted by Crippen LogP contribution is 2.16. The van der Waals surface area contributed by atoms with Gasteiger partial charge in [0.15, 0.2) is 11.6 Å². The van der Waals surface area contributed by atoms with Crippen LogP contribution in [0.25, 0.3) is 0 Å². The number of rotatable bonds is 6. The fourth-order valence-electron chi connectivity index (χ4n) is 1.72. The Bertz CT molecular complexity index is 550. The van der Waals surface area contributed by atoms with Crippen LogP contribution in [0.5, 0.6) is 0 Å². The molecule has 6 heteroatoms. The summed E-state index contributed by atoms with van der Waals surface area (Å²) in [7, 11) is 0. The van der Waals surface area contributed by atoms with Crippen molar-refractivity contribution in [2.75, 3.05) is 23.7 Å². The van der Waals surface area contributed by atoms with Gasteiger partial charge in [-0.05, 0) is 12.5 Å². The lowest BCUT2D eigenvalue weighted by Gasteiger charge is -2.13. The van der Waals surface area contributed by atoms with Crippen LogP contribution in [-0.4, -0.2) is 28.2 Å². The second-order valence-corrected chi connectivity index (χ2v) is 4.23. The van der Waals surface area contributed by atoms with E-state index in [0.717, 1.165) is 11.8 Å². The molecule has 20 heavy (non-hydrogen) atoms. The maximum absolute atomic E-state index is 13.6. The van der Waals surface area contributed by atoms with Crippen LogP contribution in [0, 0.1) is 5.82 Å². The molecule has 2 aromatic rings. The summed E-state index contributed by atoms with van der Waals surface area (Å²) in [6.07, 6.45) is 0.371. The average molecular weight is 276 g/mol. The van der Waals surface area contributed by atoms with Crippen molar-refractivity contribution in [1.29, 1.82) is 0 Å². The molecule has 0 saturated carbocycles. The fraction of sp³-hybridized carbons (Fsp3) is 0.286. The van der Waals surface area contributed by atoms with Crippen LogP contribution in [0.4, 0.5) is 16.2 Å². The smallest absolute Gasteiger partial charge is 0.224 e. The van der Waals surface area contributed by atoms with Crippen LogP contribution >= 0.6 is 0 Å². The van der Waals surface area contributed by atoms with Crippen LogP contribution in [0.1, 0.15) is 18.6 Å². The van der Waals surface area contributed by atoms with Gasteiger partial charge in [-0.25, -0.2) is 9.37 Å². The van der Waals surface area contributed by atoms with Crippen molar-refractivity contribution in [2.24, 2.45) is 0 Å². The Morgan fingerprint density at radius 3 is 2.70 bits per heavy atom. The van der Waals surface area contributed by atoms with E-state index in [4.69, 9.17) is 0 Å². The first-order chi connectivity index (χ1) is 9.70. The first kappa shape index (κ1) is 14.2. The summed E-state index contributed by atoms with van der Waals surface area (Å²) in [5.41, 5.74) is 0.765. The first-order valence-corrected chi connectivity index (χ1v) is 6.44. The molecule has 0 aliphatic carbocycles. The van der Waals surface area contributed by atoms with Crippen molar-refractivity contribution >= 4 is 11.8 Å². The van der Waals surface area contributed by atoms with Crippen LogP contribution in [0.3, 0.4) is 0 Å². The van der Waals surface area contributed by atoms with Crippen LogP contribution in [0.15, 0.2) is 36.5 Å². The molecule has 0 amide bonds. The number of nitrogens with one attached hydrogen (secondary N) is 2. The van der Waals surface area contributed by atoms with Crippen molar-refractivity contribution in [3.63, 3.8) is 0 Å². The normalized spacial score (nSPS) is 11.9. The minimum absolute atomic E-state index is 0.0749. The number of hydrogen-bond acceptors (Lipinski definition) is 5. The molecular formula is C14H17FN4O. The van der Waals surface area contributed by atoms with Crippen molar-refractivity contribution in [3.05, 3.63) is 47.9 Å². The quantitative estimate of drug-likeness (QED) is 0.754. The predicted molar refractivity (Wildman–Crippen MR) is 76.0 cm³/mol. The molecule has 1 unspecified atom stereocenters. The van der Waals surface area contributed by atoms with Crippen LogP contribution in [-0.2, 0) is 0 Å². The second-order valence-electron chi connectivity index (χ2n) is 4.23. The number of aliphatic hydroxyl groups excluding tert-OH is 1. The molecule has 0 radical (unpaired) electrons. The van der Waals surface area contributed by atoms with E-state index in [-0.39, 0.29) is 12.4 Å². The van der Waals surface area contributed by atoms with Gasteiger partial charge in [0.2, 0.25) is 5.95 Å². The average Bonchev–Trinajstić information content (AvgIpc) is 2.48. The Labute approximate surface area is 116 Å². The molecule has 0 saturated heterocycles. The molecule has 1 aromatic carbocycles. The predicted octanol–water partition coefficient (Wildman–Crippen LogP) is 2.19. The molecule has 0 aliphatic rings. The summed E-state index contributed by atoms with van der Waals surface area (Å²) in [6.45, 7) is 2.72. The Kier molecular flexibility index (Phi) is 4.84. The van der Waals surface area contributed by atoms with Gasteiger partial charge in [-0.15, -0.1) is 0 Å². The number of benzene rings is 1. The van der Waals surface area contributed by atoms with Crippen molar-refractivity contribution in [1.82, 2.24) is 9.97 Å². The molecule has 0 fully saturated rings. The largest absolute Gasteiger partial charge is 0.387 e. The lowest BCUT2D eigenvalue weighted by molar-refractivity contribution is 0.191. The van der Waals surface area contributed by atoms with Crippen molar-refractivity contribution < 1.29 is 9.50 Å². The highest BCUT2D eigenvalue weighted by atomic mass is 19.1. The highest BCUT2D eigenvalue weighted by molar-refractivity contribution is 5.41. The number of nitrogens with zero attached hydrogens (tertiary/aromatic N) is 2. The molecule has 5 nitrogen and oxygen atoms in total. The number of aliphatic hydroxyl groups is 1. The van der Waals surface area contributed by atoms with Crippen molar-refractivity contribution in [3.8, 4) is 0 Å². The number of halogens is 1. The molecule has 0 bridgehead atoms. The van der Waals surface area contributed by atoms with Gasteiger partial charge >= 0.3 is 0 Å². The second kappa shape index (κ2) is 6.81. The first-order valence-electron chi connectivity index (χ1n) is 6.44. The summed E-state index contributed by atoms with van der Waals surface area (Å²) in [6, 6.07) is 9.18. The van der Waals surface area contributed by atoms with E-state index in [2.05, 4.69) is 20.6 Å². The molecule has 1 heterocycles. The summed E-state index contributed by atoms with van der Waals surface area (Å²) >= 11 is 0. The van der Waals surface area contributed by atoms with E-state index >= 15 is 0 Å². The van der Waals surface area contributed by atoms with E-state index in [1.165, 1.54) is 0 Å². The third kappa shape index (κ3) is 3.64. The minimum Gasteiger partial charge on any atom is -0.387 e. The van der Waals surface area contributed by atoms with Gasteiger partial charge in [0.25, 0.3) is 0 Å². The fourth-order valence-corrected chi connectivity index (χ4v) is 1.72. The van der Waals surface area contributed by atoms with Gasteiger partial charge in [0.1, 0.15) is 0 Å². The minimum atomic E-state index is -0.729. The standard InChI is InChI=1S/C14H17FN4O/c1-2-16-14-18-8-11(15)13(19-14)17-9-12(20)10-6-4-3-5-7-10/h3-8,12,20H,2,9H2,1H3,(H2,16,17,18,19). The Morgan fingerprint density at radius 2 is 2.00 bits per heavy atom. The molecule has 1 atom stereocenters. The van der Waals surface area contributed by atoms with E-state index in [1.807, 2.05) is 37.3 Å². The Balaban J connectivity index is 2.01. The number of aromatic nitrogens is 2. The van der Waals surface area contributed by atoms with Gasteiger partial charge < -0.3 is 15.7 Å². The third-order valence-electron chi connectivity index (χ3n) is 2.73. The molecule has 3 N–H and O–H groups in total. The summed E-state index contributed by atoms with van der Waals surface area (Å²) < 4.78 is 13.6. The number of hydrogen-bond donors (Lipinski definition) is 3. The zero-order chi connectivity index (χ0) is 14.4. The Morgan fingerprint density at radius 1 is 1.25 bits per heavy atom. The van der Waals surface area contributed by atoms with Gasteiger partial charge in [0.05, 0.1) is 12.3 Å². The molecule has 1 aromatic heterocycles. The summed E-state index contributed by atoms with van der Waals surface area (Å²) in [5.74, 6) is -0.122. The molecule has 2 rings (SSSR count). The van der Waals surface area contributed by atoms with E-state index in [1.54, 1.807) is 0 Å². The van der Waals surface area contributed by atoms with E-state index in [0.29, 0.717) is 12.5 Å². The lowest BCUT2D eigenvalue weighted by atomic mass is 10.1. The molecule has 0 aliphatic heterocycles. The number of anilines is 2. The van der Waals surface area contributed by atoms with Crippen LogP contribution in [0.2, 0.25) is 0 Å². The van der Waals surface area contributed by atoms with Gasteiger partial charge in [0, 0.05) is 13.1 Å². The lowest BCUT2D eigenvalue weighted by Crippen LogP contribution is -2.15. The van der Waals surface area contributed by atoms with Crippen molar-refractivity contribution in [2.45, 2.75) is 13.0 Å². The van der Waals surface area contributed by atoms with E-state index < -0.39 is 11.9 Å². The topological polar surface area (TPSA) is 70.1 Å².